The van der Waals surface area contributed by atoms with Crippen LogP contribution in [0.15, 0.2) is 40.5 Å². The minimum atomic E-state index is -0.219. The Labute approximate surface area is 136 Å². The molecule has 23 heavy (non-hydrogen) atoms. The molecule has 116 valence electrons. The van der Waals surface area contributed by atoms with E-state index in [0.717, 1.165) is 11.0 Å². The zero-order valence-corrected chi connectivity index (χ0v) is 13.3. The second-order valence-corrected chi connectivity index (χ2v) is 5.97. The van der Waals surface area contributed by atoms with E-state index in [-0.39, 0.29) is 18.0 Å². The van der Waals surface area contributed by atoms with Gasteiger partial charge in [-0.15, -0.1) is 11.3 Å². The maximum Gasteiger partial charge on any atom is 0.328 e. The first-order valence-corrected chi connectivity index (χ1v) is 7.91. The Kier molecular flexibility index (Phi) is 4.00. The summed E-state index contributed by atoms with van der Waals surface area (Å²) in [6.45, 7) is 0.291. The van der Waals surface area contributed by atoms with Crippen LogP contribution in [0.4, 0.5) is 5.00 Å². The number of nitrogens with zero attached hydrogens (tertiary/aromatic N) is 3. The fourth-order valence-electron chi connectivity index (χ4n) is 2.48. The van der Waals surface area contributed by atoms with Gasteiger partial charge in [0, 0.05) is 20.0 Å². The Morgan fingerprint density at radius 3 is 2.78 bits per heavy atom. The Morgan fingerprint density at radius 2 is 2.04 bits per heavy atom. The van der Waals surface area contributed by atoms with Crippen molar-refractivity contribution in [3.63, 3.8) is 0 Å². The number of anilines is 1. The minimum absolute atomic E-state index is 0.146. The lowest BCUT2D eigenvalue weighted by Gasteiger charge is -2.05. The van der Waals surface area contributed by atoms with Gasteiger partial charge in [0.2, 0.25) is 5.91 Å². The molecule has 0 aliphatic rings. The standard InChI is InChI=1S/C16H14N4O2S/c1-19-12-4-2-3-5-13(12)20(16(19)22)8-6-14(21)18-15-11(10-17)7-9-23-15/h2-5,7,9H,6,8H2,1H3,(H,18,21). The number of hydrogen-bond donors (Lipinski definition) is 1. The molecule has 7 heteroatoms. The van der Waals surface area contributed by atoms with Crippen LogP contribution in [-0.2, 0) is 18.4 Å². The highest BCUT2D eigenvalue weighted by Gasteiger charge is 2.12. The average molecular weight is 326 g/mol. The summed E-state index contributed by atoms with van der Waals surface area (Å²) < 4.78 is 3.16. The van der Waals surface area contributed by atoms with E-state index < -0.39 is 0 Å². The van der Waals surface area contributed by atoms with Gasteiger partial charge >= 0.3 is 5.69 Å². The number of hydrogen-bond acceptors (Lipinski definition) is 4. The molecule has 0 bridgehead atoms. The highest BCUT2D eigenvalue weighted by molar-refractivity contribution is 7.14. The van der Waals surface area contributed by atoms with Crippen molar-refractivity contribution in [3.05, 3.63) is 51.8 Å². The summed E-state index contributed by atoms with van der Waals surface area (Å²) in [5, 5.41) is 14.0. The number of benzene rings is 1. The maximum atomic E-state index is 12.3. The van der Waals surface area contributed by atoms with Crippen molar-refractivity contribution in [2.45, 2.75) is 13.0 Å². The first-order chi connectivity index (χ1) is 11.1. The monoisotopic (exact) mass is 326 g/mol. The number of amides is 1. The van der Waals surface area contributed by atoms with Crippen molar-refractivity contribution in [1.82, 2.24) is 9.13 Å². The number of aryl methyl sites for hydroxylation is 2. The summed E-state index contributed by atoms with van der Waals surface area (Å²) in [6.07, 6.45) is 0.163. The molecule has 0 unspecified atom stereocenters. The van der Waals surface area contributed by atoms with E-state index >= 15 is 0 Å². The number of rotatable bonds is 4. The SMILES string of the molecule is Cn1c(=O)n(CCC(=O)Nc2sccc2C#N)c2ccccc21. The van der Waals surface area contributed by atoms with Crippen molar-refractivity contribution in [2.75, 3.05) is 5.32 Å². The summed E-state index contributed by atoms with van der Waals surface area (Å²) in [4.78, 5) is 24.3. The molecule has 0 saturated heterocycles. The molecule has 0 atom stereocenters. The van der Waals surface area contributed by atoms with Gasteiger partial charge in [-0.2, -0.15) is 5.26 Å². The third kappa shape index (κ3) is 2.76. The molecule has 2 heterocycles. The summed E-state index contributed by atoms with van der Waals surface area (Å²) in [7, 11) is 1.71. The smallest absolute Gasteiger partial charge is 0.317 e. The van der Waals surface area contributed by atoms with E-state index in [1.54, 1.807) is 27.6 Å². The van der Waals surface area contributed by atoms with Crippen LogP contribution >= 0.6 is 11.3 Å². The van der Waals surface area contributed by atoms with E-state index in [0.29, 0.717) is 17.1 Å². The topological polar surface area (TPSA) is 79.8 Å². The largest absolute Gasteiger partial charge is 0.328 e. The summed E-state index contributed by atoms with van der Waals surface area (Å²) in [5.41, 5.74) is 1.95. The van der Waals surface area contributed by atoms with Crippen LogP contribution in [0, 0.1) is 11.3 Å². The molecular formula is C16H14N4O2S. The average Bonchev–Trinajstić information content (AvgIpc) is 3.10. The van der Waals surface area contributed by atoms with Crippen molar-refractivity contribution < 1.29 is 4.79 Å². The quantitative estimate of drug-likeness (QED) is 0.799. The summed E-state index contributed by atoms with van der Waals surface area (Å²) in [6, 6.07) is 11.2. The Morgan fingerprint density at radius 1 is 1.30 bits per heavy atom. The lowest BCUT2D eigenvalue weighted by molar-refractivity contribution is -0.116. The molecule has 0 spiro atoms. The number of fused-ring (bicyclic) bond motifs is 1. The van der Waals surface area contributed by atoms with Crippen molar-refractivity contribution >= 4 is 33.3 Å². The van der Waals surface area contributed by atoms with Crippen LogP contribution in [0.5, 0.6) is 0 Å². The van der Waals surface area contributed by atoms with E-state index in [1.165, 1.54) is 11.3 Å². The van der Waals surface area contributed by atoms with Gasteiger partial charge in [-0.1, -0.05) is 12.1 Å². The van der Waals surface area contributed by atoms with E-state index in [9.17, 15) is 9.59 Å². The van der Waals surface area contributed by atoms with Gasteiger partial charge in [-0.3, -0.25) is 13.9 Å². The minimum Gasteiger partial charge on any atom is -0.317 e. The Balaban J connectivity index is 1.77. The second-order valence-electron chi connectivity index (χ2n) is 5.06. The Bertz CT molecular complexity index is 974. The molecule has 0 saturated carbocycles. The zero-order valence-electron chi connectivity index (χ0n) is 12.4. The first-order valence-electron chi connectivity index (χ1n) is 7.03. The van der Waals surface area contributed by atoms with Gasteiger partial charge < -0.3 is 5.32 Å². The molecule has 1 aromatic carbocycles. The predicted octanol–water partition coefficient (Wildman–Crippen LogP) is 2.30. The van der Waals surface area contributed by atoms with Gasteiger partial charge in [-0.25, -0.2) is 4.79 Å². The van der Waals surface area contributed by atoms with Crippen LogP contribution in [0.3, 0.4) is 0 Å². The van der Waals surface area contributed by atoms with Crippen molar-refractivity contribution in [2.24, 2.45) is 7.05 Å². The lowest BCUT2D eigenvalue weighted by Crippen LogP contribution is -2.24. The van der Waals surface area contributed by atoms with Crippen LogP contribution in [-0.4, -0.2) is 15.0 Å². The molecule has 3 rings (SSSR count). The summed E-state index contributed by atoms with van der Waals surface area (Å²) >= 11 is 1.31. The third-order valence-corrected chi connectivity index (χ3v) is 4.48. The molecular weight excluding hydrogens is 312 g/mol. The molecule has 6 nitrogen and oxygen atoms in total. The Hall–Kier alpha value is -2.85. The fraction of sp³-hybridized carbons (Fsp3) is 0.188. The van der Waals surface area contributed by atoms with Crippen molar-refractivity contribution in [1.29, 1.82) is 5.26 Å². The van der Waals surface area contributed by atoms with E-state index in [1.807, 2.05) is 30.3 Å². The number of para-hydroxylation sites is 2. The van der Waals surface area contributed by atoms with Gasteiger partial charge in [0.05, 0.1) is 16.6 Å². The van der Waals surface area contributed by atoms with Gasteiger partial charge in [-0.05, 0) is 23.6 Å². The molecule has 3 aromatic rings. The number of aromatic nitrogens is 2. The van der Waals surface area contributed by atoms with Crippen LogP contribution in [0.25, 0.3) is 11.0 Å². The molecule has 0 aliphatic carbocycles. The second kappa shape index (κ2) is 6.10. The molecule has 0 aliphatic heterocycles. The molecule has 0 fully saturated rings. The number of thiophene rings is 1. The van der Waals surface area contributed by atoms with Crippen LogP contribution in [0.1, 0.15) is 12.0 Å². The van der Waals surface area contributed by atoms with Crippen LogP contribution in [0.2, 0.25) is 0 Å². The highest BCUT2D eigenvalue weighted by atomic mass is 32.1. The molecule has 1 N–H and O–H groups in total. The molecule has 2 aromatic heterocycles. The predicted molar refractivity (Wildman–Crippen MR) is 89.5 cm³/mol. The van der Waals surface area contributed by atoms with Gasteiger partial charge in [0.1, 0.15) is 11.1 Å². The number of nitrogens with one attached hydrogen (secondary N) is 1. The molecule has 1 amide bonds. The summed E-state index contributed by atoms with van der Waals surface area (Å²) in [5.74, 6) is -0.219. The lowest BCUT2D eigenvalue weighted by atomic mass is 10.3. The van der Waals surface area contributed by atoms with Crippen molar-refractivity contribution in [3.8, 4) is 6.07 Å². The fourth-order valence-corrected chi connectivity index (χ4v) is 3.23. The molecule has 0 radical (unpaired) electrons. The number of imidazole rings is 1. The zero-order chi connectivity index (χ0) is 16.4. The maximum absolute atomic E-state index is 12.3. The van der Waals surface area contributed by atoms with Crippen LogP contribution < -0.4 is 11.0 Å². The number of nitriles is 1. The van der Waals surface area contributed by atoms with E-state index in [2.05, 4.69) is 5.32 Å². The number of carbonyl (C=O) groups excluding carboxylic acids is 1. The van der Waals surface area contributed by atoms with Gasteiger partial charge in [0.25, 0.3) is 0 Å². The van der Waals surface area contributed by atoms with Gasteiger partial charge in [0.15, 0.2) is 0 Å². The highest BCUT2D eigenvalue weighted by Crippen LogP contribution is 2.22. The van der Waals surface area contributed by atoms with E-state index in [4.69, 9.17) is 5.26 Å². The number of carbonyl (C=O) groups is 1. The third-order valence-electron chi connectivity index (χ3n) is 3.65. The first kappa shape index (κ1) is 15.1. The normalized spacial score (nSPS) is 10.6.